The molecule has 1 heterocycles. The highest BCUT2D eigenvalue weighted by molar-refractivity contribution is 5.35. The summed E-state index contributed by atoms with van der Waals surface area (Å²) in [7, 11) is 0. The molecule has 1 aliphatic heterocycles. The molecule has 4 saturated carbocycles. The molecule has 200 valence electrons. The number of fused-ring (bicyclic) bond motifs is 3. The number of aliphatic hydroxyl groups excluding tert-OH is 6. The third-order valence-electron chi connectivity index (χ3n) is 10.9. The van der Waals surface area contributed by atoms with Gasteiger partial charge in [0.1, 0.15) is 24.4 Å². The van der Waals surface area contributed by atoms with Crippen LogP contribution in [0.3, 0.4) is 0 Å². The largest absolute Gasteiger partial charge is 0.394 e. The van der Waals surface area contributed by atoms with Crippen molar-refractivity contribution in [2.24, 2.45) is 28.1 Å². The Balaban J connectivity index is 1.41. The zero-order valence-electron chi connectivity index (χ0n) is 20.9. The summed E-state index contributed by atoms with van der Waals surface area (Å²) in [4.78, 5) is 0. The Hall–Kier alpha value is -0.620. The maximum Gasteiger partial charge on any atom is 0.186 e. The molecule has 0 radical (unpaired) electrons. The van der Waals surface area contributed by atoms with Crippen LogP contribution in [0.1, 0.15) is 59.3 Å². The van der Waals surface area contributed by atoms with E-state index in [1.165, 1.54) is 0 Å². The van der Waals surface area contributed by atoms with E-state index in [1.807, 2.05) is 0 Å². The Morgan fingerprint density at radius 3 is 2.34 bits per heavy atom. The molecule has 0 aromatic rings. The van der Waals surface area contributed by atoms with E-state index in [4.69, 9.17) is 9.47 Å². The summed E-state index contributed by atoms with van der Waals surface area (Å²) in [5.74, 6) is -0.0769. The number of rotatable bonds is 3. The lowest BCUT2D eigenvalue weighted by Gasteiger charge is -2.66. The van der Waals surface area contributed by atoms with Crippen LogP contribution in [0.2, 0.25) is 0 Å². The minimum atomic E-state index is -1.49. The van der Waals surface area contributed by atoms with Crippen LogP contribution in [0, 0.1) is 28.1 Å². The zero-order chi connectivity index (χ0) is 25.7. The molecule has 0 aromatic heterocycles. The van der Waals surface area contributed by atoms with E-state index in [1.54, 1.807) is 0 Å². The van der Waals surface area contributed by atoms with Gasteiger partial charge in [-0.1, -0.05) is 27.4 Å². The van der Waals surface area contributed by atoms with Gasteiger partial charge in [0.2, 0.25) is 0 Å². The highest BCUT2D eigenvalue weighted by Gasteiger charge is 2.72. The average Bonchev–Trinajstić information content (AvgIpc) is 2.92. The Bertz CT molecular complexity index is 862. The van der Waals surface area contributed by atoms with Crippen LogP contribution in [0.15, 0.2) is 12.2 Å². The van der Waals surface area contributed by atoms with Gasteiger partial charge in [-0.3, -0.25) is 0 Å². The second kappa shape index (κ2) is 8.19. The van der Waals surface area contributed by atoms with E-state index >= 15 is 0 Å². The lowest BCUT2D eigenvalue weighted by molar-refractivity contribution is -0.331. The van der Waals surface area contributed by atoms with Gasteiger partial charge in [0.25, 0.3) is 0 Å². The number of aliphatic hydroxyl groups is 7. The zero-order valence-corrected chi connectivity index (χ0v) is 20.9. The summed E-state index contributed by atoms with van der Waals surface area (Å²) in [6.45, 7) is 9.90. The molecule has 0 amide bonds. The van der Waals surface area contributed by atoms with Gasteiger partial charge in [-0.05, 0) is 60.3 Å². The Labute approximate surface area is 206 Å². The molecule has 5 fully saturated rings. The van der Waals surface area contributed by atoms with E-state index in [-0.39, 0.29) is 29.8 Å². The van der Waals surface area contributed by atoms with E-state index in [0.717, 1.165) is 6.42 Å². The van der Waals surface area contributed by atoms with Crippen molar-refractivity contribution in [2.45, 2.75) is 114 Å². The molecule has 4 aliphatic carbocycles. The Morgan fingerprint density at radius 1 is 1.00 bits per heavy atom. The van der Waals surface area contributed by atoms with Crippen molar-refractivity contribution in [3.63, 3.8) is 0 Å². The Kier molecular flexibility index (Phi) is 6.08. The fourth-order valence-electron chi connectivity index (χ4n) is 9.30. The quantitative estimate of drug-likeness (QED) is 0.207. The van der Waals surface area contributed by atoms with Crippen LogP contribution in [0.5, 0.6) is 0 Å². The predicted molar refractivity (Wildman–Crippen MR) is 124 cm³/mol. The Morgan fingerprint density at radius 2 is 1.69 bits per heavy atom. The van der Waals surface area contributed by atoms with Gasteiger partial charge in [0.05, 0.1) is 30.5 Å². The van der Waals surface area contributed by atoms with Crippen LogP contribution in [0.4, 0.5) is 0 Å². The van der Waals surface area contributed by atoms with E-state index in [0.29, 0.717) is 31.3 Å². The first kappa shape index (κ1) is 26.0. The highest BCUT2D eigenvalue weighted by atomic mass is 16.7. The predicted octanol–water partition coefficient (Wildman–Crippen LogP) is -0.173. The van der Waals surface area contributed by atoms with Crippen LogP contribution in [-0.4, -0.2) is 97.0 Å². The fraction of sp³-hybridized carbons (Fsp3) is 0.923. The summed E-state index contributed by atoms with van der Waals surface area (Å²) in [5, 5.41) is 74.1. The van der Waals surface area contributed by atoms with Gasteiger partial charge in [-0.2, -0.15) is 0 Å². The van der Waals surface area contributed by atoms with Crippen molar-refractivity contribution in [3.05, 3.63) is 12.2 Å². The number of ether oxygens (including phenoxy) is 2. The van der Waals surface area contributed by atoms with Crippen molar-refractivity contribution in [1.82, 2.24) is 0 Å². The molecule has 9 heteroatoms. The summed E-state index contributed by atoms with van der Waals surface area (Å²) in [5.41, 5.74) is -2.11. The molecule has 1 saturated heterocycles. The molecular weight excluding hydrogens is 456 g/mol. The molecule has 3 unspecified atom stereocenters. The van der Waals surface area contributed by atoms with E-state index in [9.17, 15) is 35.7 Å². The van der Waals surface area contributed by atoms with Gasteiger partial charge >= 0.3 is 0 Å². The lowest BCUT2D eigenvalue weighted by Crippen LogP contribution is -2.66. The van der Waals surface area contributed by atoms with Crippen LogP contribution in [0.25, 0.3) is 0 Å². The molecule has 1 spiro atoms. The van der Waals surface area contributed by atoms with Crippen molar-refractivity contribution in [3.8, 4) is 0 Å². The third-order valence-corrected chi connectivity index (χ3v) is 10.9. The van der Waals surface area contributed by atoms with Gasteiger partial charge in [0, 0.05) is 11.8 Å². The molecule has 7 N–H and O–H groups in total. The number of hydrogen-bond donors (Lipinski definition) is 7. The normalized spacial score (nSPS) is 57.5. The first-order valence-electron chi connectivity index (χ1n) is 13.0. The lowest BCUT2D eigenvalue weighted by atomic mass is 9.40. The summed E-state index contributed by atoms with van der Waals surface area (Å²) >= 11 is 0. The molecule has 0 aromatic carbocycles. The molecule has 5 rings (SSSR count). The monoisotopic (exact) mass is 498 g/mol. The van der Waals surface area contributed by atoms with Gasteiger partial charge in [-0.15, -0.1) is 0 Å². The average molecular weight is 499 g/mol. The summed E-state index contributed by atoms with van der Waals surface area (Å²) in [6, 6.07) is 0. The molecule has 13 atom stereocenters. The van der Waals surface area contributed by atoms with Gasteiger partial charge in [-0.25, -0.2) is 0 Å². The first-order valence-corrected chi connectivity index (χ1v) is 13.0. The first-order chi connectivity index (χ1) is 16.2. The third kappa shape index (κ3) is 3.40. The maximum absolute atomic E-state index is 11.4. The van der Waals surface area contributed by atoms with Gasteiger partial charge < -0.3 is 45.2 Å². The molecular formula is C26H42O9. The topological polar surface area (TPSA) is 160 Å². The smallest absolute Gasteiger partial charge is 0.186 e. The van der Waals surface area contributed by atoms with Crippen molar-refractivity contribution < 1.29 is 45.2 Å². The standard InChI is InChI=1S/C26H42O9/c1-12-21(32)25-8-5-15-23(2,3)16(35-22-19(31)18(30)17(29)14(10-27)34-22)6-7-24(15,4)20(25)13(28)9-26(12,33)11-25/h13-22,27-33H,1,5-11H2,2-4H3/t13-,14+,15+,16?,17+,18-,19+,20-,21?,22-,24?,25+,26-/m0/s1. The van der Waals surface area contributed by atoms with Crippen molar-refractivity contribution >= 4 is 0 Å². The summed E-state index contributed by atoms with van der Waals surface area (Å²) in [6.07, 6.45) is -5.18. The maximum atomic E-state index is 11.4. The second-order valence-electron chi connectivity index (χ2n) is 12.9. The van der Waals surface area contributed by atoms with Crippen molar-refractivity contribution in [2.75, 3.05) is 6.61 Å². The van der Waals surface area contributed by atoms with Crippen molar-refractivity contribution in [1.29, 1.82) is 0 Å². The molecule has 9 nitrogen and oxygen atoms in total. The number of hydrogen-bond acceptors (Lipinski definition) is 9. The summed E-state index contributed by atoms with van der Waals surface area (Å²) < 4.78 is 11.9. The SMILES string of the molecule is C=C1C(O)[C@@]23CC[C@@H]4C(C)(C)C(O[C@@H]5O[C@H](CO)[C@@H](O)[C@H](O)[C@H]5O)CCC4(C)[C@@H]2[C@@H](O)C[C@]1(O)C3. The minimum Gasteiger partial charge on any atom is -0.394 e. The van der Waals surface area contributed by atoms with Crippen LogP contribution >= 0.6 is 0 Å². The van der Waals surface area contributed by atoms with Crippen LogP contribution in [-0.2, 0) is 9.47 Å². The van der Waals surface area contributed by atoms with Gasteiger partial charge in [0.15, 0.2) is 6.29 Å². The van der Waals surface area contributed by atoms with Crippen LogP contribution < -0.4 is 0 Å². The molecule has 5 aliphatic rings. The molecule has 35 heavy (non-hydrogen) atoms. The van der Waals surface area contributed by atoms with E-state index < -0.39 is 66.0 Å². The minimum absolute atomic E-state index is 0.121. The fourth-order valence-corrected chi connectivity index (χ4v) is 9.30. The highest BCUT2D eigenvalue weighted by Crippen LogP contribution is 2.73. The van der Waals surface area contributed by atoms with E-state index in [2.05, 4.69) is 27.4 Å². The molecule has 2 bridgehead atoms. The second-order valence-corrected chi connectivity index (χ2v) is 12.9.